The lowest BCUT2D eigenvalue weighted by Crippen LogP contribution is -2.29. The van der Waals surface area contributed by atoms with Crippen LogP contribution in [0.5, 0.6) is 17.2 Å². The van der Waals surface area contributed by atoms with Crippen molar-refractivity contribution in [3.05, 3.63) is 47.5 Å². The molecule has 1 N–H and O–H groups in total. The molecule has 0 bridgehead atoms. The van der Waals surface area contributed by atoms with E-state index in [1.54, 1.807) is 0 Å². The van der Waals surface area contributed by atoms with Gasteiger partial charge in [0.25, 0.3) is 5.91 Å². The third kappa shape index (κ3) is 4.33. The maximum absolute atomic E-state index is 13.0. The number of carbonyl (C=O) groups is 1. The molecule has 0 aliphatic carbocycles. The number of rotatable bonds is 6. The van der Waals surface area contributed by atoms with Crippen molar-refractivity contribution in [3.63, 3.8) is 0 Å². The van der Waals surface area contributed by atoms with E-state index in [1.165, 1.54) is 29.6 Å². The molecule has 1 saturated heterocycles. The first kappa shape index (κ1) is 21.5. The lowest BCUT2D eigenvalue weighted by atomic mass is 10.1. The Morgan fingerprint density at radius 1 is 1.06 bits per heavy atom. The van der Waals surface area contributed by atoms with Crippen LogP contribution in [0, 0.1) is 0 Å². The number of sulfonamides is 1. The standard InChI is InChI=1S/C22H26N2O6S/c1-15(16-5-7-20-21(13-16)30-12-11-29-20)23-22(25)18-14-17(6-8-19(18)28-2)31(26,27)24-9-3-4-10-24/h5-8,13-15H,3-4,9-12H2,1-2H3,(H,23,25)/t15-/m0/s1. The highest BCUT2D eigenvalue weighted by atomic mass is 32.2. The molecule has 2 aliphatic heterocycles. The van der Waals surface area contributed by atoms with Crippen LogP contribution < -0.4 is 19.5 Å². The maximum Gasteiger partial charge on any atom is 0.255 e. The molecule has 0 unspecified atom stereocenters. The monoisotopic (exact) mass is 446 g/mol. The minimum atomic E-state index is -3.64. The molecular weight excluding hydrogens is 420 g/mol. The molecule has 31 heavy (non-hydrogen) atoms. The molecule has 1 fully saturated rings. The highest BCUT2D eigenvalue weighted by Gasteiger charge is 2.29. The Balaban J connectivity index is 1.57. The van der Waals surface area contributed by atoms with Gasteiger partial charge in [-0.15, -0.1) is 0 Å². The molecule has 0 saturated carbocycles. The predicted octanol–water partition coefficient (Wildman–Crippen LogP) is 2.74. The van der Waals surface area contributed by atoms with Crippen molar-refractivity contribution in [2.45, 2.75) is 30.7 Å². The number of methoxy groups -OCH3 is 1. The number of carbonyl (C=O) groups excluding carboxylic acids is 1. The lowest BCUT2D eigenvalue weighted by molar-refractivity contribution is 0.0936. The maximum atomic E-state index is 13.0. The molecule has 1 atom stereocenters. The van der Waals surface area contributed by atoms with Gasteiger partial charge in [0.1, 0.15) is 19.0 Å². The zero-order valence-electron chi connectivity index (χ0n) is 17.6. The van der Waals surface area contributed by atoms with Crippen molar-refractivity contribution in [2.75, 3.05) is 33.4 Å². The number of hydrogen-bond donors (Lipinski definition) is 1. The summed E-state index contributed by atoms with van der Waals surface area (Å²) in [5.74, 6) is 1.21. The second kappa shape index (κ2) is 8.76. The van der Waals surface area contributed by atoms with E-state index in [4.69, 9.17) is 14.2 Å². The Kier molecular flexibility index (Phi) is 6.06. The van der Waals surface area contributed by atoms with Gasteiger partial charge in [-0.25, -0.2) is 8.42 Å². The van der Waals surface area contributed by atoms with Gasteiger partial charge in [-0.2, -0.15) is 4.31 Å². The molecule has 8 nitrogen and oxygen atoms in total. The second-order valence-electron chi connectivity index (χ2n) is 7.57. The number of ether oxygens (including phenoxy) is 3. The SMILES string of the molecule is COc1ccc(S(=O)(=O)N2CCCC2)cc1C(=O)N[C@@H](C)c1ccc2c(c1)OCCO2. The van der Waals surface area contributed by atoms with E-state index in [1.807, 2.05) is 25.1 Å². The smallest absolute Gasteiger partial charge is 0.255 e. The number of amides is 1. The number of hydrogen-bond acceptors (Lipinski definition) is 6. The largest absolute Gasteiger partial charge is 0.496 e. The summed E-state index contributed by atoms with van der Waals surface area (Å²) >= 11 is 0. The van der Waals surface area contributed by atoms with Crippen LogP contribution in [0.1, 0.15) is 41.7 Å². The summed E-state index contributed by atoms with van der Waals surface area (Å²) in [5.41, 5.74) is 1.02. The first-order valence-corrected chi connectivity index (χ1v) is 11.7. The quantitative estimate of drug-likeness (QED) is 0.733. The van der Waals surface area contributed by atoms with Crippen LogP contribution in [-0.2, 0) is 10.0 Å². The topological polar surface area (TPSA) is 94.2 Å². The number of nitrogens with one attached hydrogen (secondary N) is 1. The Morgan fingerprint density at radius 3 is 2.48 bits per heavy atom. The fraction of sp³-hybridized carbons (Fsp3) is 0.409. The summed E-state index contributed by atoms with van der Waals surface area (Å²) in [4.78, 5) is 13.1. The molecule has 166 valence electrons. The fourth-order valence-corrected chi connectivity index (χ4v) is 5.33. The van der Waals surface area contributed by atoms with Crippen molar-refractivity contribution in [3.8, 4) is 17.2 Å². The lowest BCUT2D eigenvalue weighted by Gasteiger charge is -2.21. The minimum absolute atomic E-state index is 0.0901. The Morgan fingerprint density at radius 2 is 1.77 bits per heavy atom. The number of fused-ring (bicyclic) bond motifs is 1. The molecule has 0 aromatic heterocycles. The molecule has 4 rings (SSSR count). The first-order valence-electron chi connectivity index (χ1n) is 10.3. The average Bonchev–Trinajstić information content (AvgIpc) is 3.34. The van der Waals surface area contributed by atoms with Crippen LogP contribution in [0.2, 0.25) is 0 Å². The summed E-state index contributed by atoms with van der Waals surface area (Å²) in [6.45, 7) is 3.83. The summed E-state index contributed by atoms with van der Waals surface area (Å²) in [5, 5.41) is 2.92. The van der Waals surface area contributed by atoms with Crippen molar-refractivity contribution in [1.29, 1.82) is 0 Å². The molecule has 1 amide bonds. The van der Waals surface area contributed by atoms with Gasteiger partial charge in [-0.05, 0) is 55.7 Å². The zero-order valence-corrected chi connectivity index (χ0v) is 18.4. The van der Waals surface area contributed by atoms with Gasteiger partial charge in [-0.1, -0.05) is 6.07 Å². The van der Waals surface area contributed by atoms with Crippen LogP contribution in [-0.4, -0.2) is 52.0 Å². The Hall–Kier alpha value is -2.78. The van der Waals surface area contributed by atoms with Crippen LogP contribution >= 0.6 is 0 Å². The predicted molar refractivity (Wildman–Crippen MR) is 114 cm³/mol. The minimum Gasteiger partial charge on any atom is -0.496 e. The molecule has 2 aliphatic rings. The number of nitrogens with zero attached hydrogens (tertiary/aromatic N) is 1. The van der Waals surface area contributed by atoms with Crippen LogP contribution in [0.25, 0.3) is 0 Å². The summed E-state index contributed by atoms with van der Waals surface area (Å²) < 4.78 is 43.8. The molecule has 2 heterocycles. The van der Waals surface area contributed by atoms with Crippen molar-refractivity contribution in [2.24, 2.45) is 0 Å². The van der Waals surface area contributed by atoms with E-state index in [-0.39, 0.29) is 16.5 Å². The van der Waals surface area contributed by atoms with Crippen LogP contribution in [0.15, 0.2) is 41.3 Å². The van der Waals surface area contributed by atoms with Crippen molar-refractivity contribution in [1.82, 2.24) is 9.62 Å². The Bertz CT molecular complexity index is 1080. The van der Waals surface area contributed by atoms with E-state index in [9.17, 15) is 13.2 Å². The summed E-state index contributed by atoms with van der Waals surface area (Å²) in [7, 11) is -2.19. The van der Waals surface area contributed by atoms with Gasteiger partial charge >= 0.3 is 0 Å². The van der Waals surface area contributed by atoms with E-state index >= 15 is 0 Å². The van der Waals surface area contributed by atoms with Gasteiger partial charge < -0.3 is 19.5 Å². The number of benzene rings is 2. The summed E-state index contributed by atoms with van der Waals surface area (Å²) in [6.07, 6.45) is 1.69. The van der Waals surface area contributed by atoms with Gasteiger partial charge in [-0.3, -0.25) is 4.79 Å². The average molecular weight is 447 g/mol. The van der Waals surface area contributed by atoms with E-state index < -0.39 is 15.9 Å². The van der Waals surface area contributed by atoms with Gasteiger partial charge in [0.05, 0.1) is 23.6 Å². The van der Waals surface area contributed by atoms with E-state index in [0.29, 0.717) is 43.6 Å². The van der Waals surface area contributed by atoms with Crippen LogP contribution in [0.4, 0.5) is 0 Å². The Labute approximate surface area is 182 Å². The van der Waals surface area contributed by atoms with Gasteiger partial charge in [0.2, 0.25) is 10.0 Å². The zero-order chi connectivity index (χ0) is 22.0. The van der Waals surface area contributed by atoms with Gasteiger partial charge in [0.15, 0.2) is 11.5 Å². The fourth-order valence-electron chi connectivity index (χ4n) is 3.79. The summed E-state index contributed by atoms with van der Waals surface area (Å²) in [6, 6.07) is 9.57. The molecule has 2 aromatic rings. The second-order valence-corrected chi connectivity index (χ2v) is 9.51. The van der Waals surface area contributed by atoms with Crippen molar-refractivity contribution < 1.29 is 27.4 Å². The first-order chi connectivity index (χ1) is 14.9. The van der Waals surface area contributed by atoms with Gasteiger partial charge in [0, 0.05) is 13.1 Å². The molecule has 0 spiro atoms. The highest BCUT2D eigenvalue weighted by Crippen LogP contribution is 2.33. The van der Waals surface area contributed by atoms with Crippen LogP contribution in [0.3, 0.4) is 0 Å². The van der Waals surface area contributed by atoms with E-state index in [2.05, 4.69) is 5.32 Å². The highest BCUT2D eigenvalue weighted by molar-refractivity contribution is 7.89. The van der Waals surface area contributed by atoms with Crippen molar-refractivity contribution >= 4 is 15.9 Å². The molecule has 2 aromatic carbocycles. The third-order valence-corrected chi connectivity index (χ3v) is 7.43. The third-order valence-electron chi connectivity index (χ3n) is 5.53. The molecule has 0 radical (unpaired) electrons. The molecular formula is C22H26N2O6S. The molecule has 9 heteroatoms. The van der Waals surface area contributed by atoms with E-state index in [0.717, 1.165) is 18.4 Å². The normalized spacial score (nSPS) is 17.2.